The Kier molecular flexibility index (Phi) is 5.61. The van der Waals surface area contributed by atoms with Gasteiger partial charge in [-0.1, -0.05) is 50.6 Å². The van der Waals surface area contributed by atoms with E-state index in [-0.39, 0.29) is 23.2 Å². The van der Waals surface area contributed by atoms with E-state index >= 15 is 0 Å². The van der Waals surface area contributed by atoms with Gasteiger partial charge in [0.05, 0.1) is 5.92 Å². The first kappa shape index (κ1) is 22.5. The molecule has 2 N–H and O–H groups in total. The summed E-state index contributed by atoms with van der Waals surface area (Å²) < 4.78 is 0. The molecule has 1 aromatic carbocycles. The summed E-state index contributed by atoms with van der Waals surface area (Å²) in [5, 5.41) is 2.17. The second kappa shape index (κ2) is 8.00. The van der Waals surface area contributed by atoms with Crippen LogP contribution in [0, 0.1) is 0 Å². The molecule has 1 amide bonds. The number of carbonyl (C=O) groups excluding carboxylic acids is 1. The van der Waals surface area contributed by atoms with Gasteiger partial charge in [0.15, 0.2) is 5.96 Å². The van der Waals surface area contributed by atoms with Crippen LogP contribution in [0.4, 0.5) is 0 Å². The van der Waals surface area contributed by atoms with E-state index in [0.29, 0.717) is 0 Å². The van der Waals surface area contributed by atoms with Crippen molar-refractivity contribution in [3.63, 3.8) is 0 Å². The largest absolute Gasteiger partial charge is 0.369 e. The number of hydrogen-bond donors (Lipinski definition) is 1. The Labute approximate surface area is 194 Å². The molecular weight excluding hydrogens is 416 g/mol. The van der Waals surface area contributed by atoms with Crippen molar-refractivity contribution in [1.29, 1.82) is 0 Å². The van der Waals surface area contributed by atoms with Crippen LogP contribution in [0.5, 0.6) is 0 Å². The molecule has 168 valence electrons. The Balaban J connectivity index is 1.76. The monoisotopic (exact) mass is 448 g/mol. The van der Waals surface area contributed by atoms with E-state index in [0.717, 1.165) is 16.9 Å². The minimum Gasteiger partial charge on any atom is -0.369 e. The third-order valence-electron chi connectivity index (χ3n) is 6.59. The first-order valence-corrected chi connectivity index (χ1v) is 11.9. The number of guanidine groups is 1. The summed E-state index contributed by atoms with van der Waals surface area (Å²) >= 11 is 1.65. The van der Waals surface area contributed by atoms with Crippen molar-refractivity contribution in [1.82, 2.24) is 4.90 Å². The summed E-state index contributed by atoms with van der Waals surface area (Å²) in [6, 6.07) is 10.6. The summed E-state index contributed by atoms with van der Waals surface area (Å²) in [7, 11) is 1.70. The fraction of sp³-hybridized carbons (Fsp3) is 0.423. The maximum atomic E-state index is 13.5. The maximum Gasteiger partial charge on any atom is 0.239 e. The molecule has 0 bridgehead atoms. The zero-order valence-electron chi connectivity index (χ0n) is 19.7. The SMILES string of the molecule is CC1=CN=CC(c2csc([C@@]3(C)N=C(N)N(C)C(=O)C3c3ccc(C(C)(C)C)cc3)c2)C1. The summed E-state index contributed by atoms with van der Waals surface area (Å²) in [6.45, 7) is 10.7. The molecule has 2 aliphatic heterocycles. The Hall–Kier alpha value is -2.73. The highest BCUT2D eigenvalue weighted by atomic mass is 32.1. The van der Waals surface area contributed by atoms with Gasteiger partial charge in [-0.2, -0.15) is 0 Å². The number of nitrogens with zero attached hydrogens (tertiary/aromatic N) is 3. The summed E-state index contributed by atoms with van der Waals surface area (Å²) in [4.78, 5) is 25.3. The molecule has 0 aliphatic carbocycles. The molecule has 0 saturated heterocycles. The van der Waals surface area contributed by atoms with Gasteiger partial charge in [0, 0.05) is 30.3 Å². The lowest BCUT2D eigenvalue weighted by Gasteiger charge is -2.40. The van der Waals surface area contributed by atoms with Crippen molar-refractivity contribution in [3.05, 3.63) is 69.1 Å². The van der Waals surface area contributed by atoms with Gasteiger partial charge in [-0.25, -0.2) is 4.99 Å². The second-order valence-electron chi connectivity index (χ2n) is 10.1. The number of thiophene rings is 1. The van der Waals surface area contributed by atoms with E-state index in [1.165, 1.54) is 21.6 Å². The van der Waals surface area contributed by atoms with Crippen LogP contribution in [0.25, 0.3) is 0 Å². The van der Waals surface area contributed by atoms with E-state index in [2.05, 4.69) is 68.4 Å². The molecular formula is C26H32N4OS. The van der Waals surface area contributed by atoms with Crippen LogP contribution in [0.2, 0.25) is 0 Å². The number of carbonyl (C=O) groups is 1. The van der Waals surface area contributed by atoms with Crippen molar-refractivity contribution >= 4 is 29.4 Å². The van der Waals surface area contributed by atoms with Crippen molar-refractivity contribution in [2.75, 3.05) is 7.05 Å². The minimum atomic E-state index is -0.767. The van der Waals surface area contributed by atoms with Crippen molar-refractivity contribution in [3.8, 4) is 0 Å². The Morgan fingerprint density at radius 1 is 1.19 bits per heavy atom. The standard InChI is InChI=1S/C26H32N4OS/c1-16-11-18(14-28-13-16)19-12-21(32-15-19)26(5)22(23(31)30(6)24(27)29-26)17-7-9-20(10-8-17)25(2,3)4/h7-10,12-15,18,22H,11H2,1-6H3,(H2,27,29)/t18?,22?,26-/m1/s1. The molecule has 6 heteroatoms. The summed E-state index contributed by atoms with van der Waals surface area (Å²) in [5.41, 5.74) is 10.2. The lowest BCUT2D eigenvalue weighted by molar-refractivity contribution is -0.130. The van der Waals surface area contributed by atoms with E-state index < -0.39 is 11.5 Å². The third-order valence-corrected chi connectivity index (χ3v) is 7.76. The molecule has 32 heavy (non-hydrogen) atoms. The number of aliphatic imine (C=N–C) groups is 2. The predicted molar refractivity (Wildman–Crippen MR) is 134 cm³/mol. The smallest absolute Gasteiger partial charge is 0.239 e. The van der Waals surface area contributed by atoms with Gasteiger partial charge in [0.1, 0.15) is 5.54 Å². The van der Waals surface area contributed by atoms with Gasteiger partial charge >= 0.3 is 0 Å². The van der Waals surface area contributed by atoms with Crippen LogP contribution in [-0.4, -0.2) is 30.0 Å². The topological polar surface area (TPSA) is 71.0 Å². The van der Waals surface area contributed by atoms with E-state index in [1.54, 1.807) is 18.4 Å². The molecule has 0 fully saturated rings. The number of likely N-dealkylation sites (N-methyl/N-ethyl adjacent to an activating group) is 1. The highest BCUT2D eigenvalue weighted by molar-refractivity contribution is 7.10. The summed E-state index contributed by atoms with van der Waals surface area (Å²) in [5.74, 6) is 0.0351. The first-order valence-electron chi connectivity index (χ1n) is 11.0. The highest BCUT2D eigenvalue weighted by Crippen LogP contribution is 2.47. The molecule has 0 radical (unpaired) electrons. The van der Waals surface area contributed by atoms with E-state index in [4.69, 9.17) is 10.7 Å². The fourth-order valence-electron chi connectivity index (χ4n) is 4.51. The Bertz CT molecular complexity index is 1120. The van der Waals surface area contributed by atoms with E-state index in [1.807, 2.05) is 19.3 Å². The number of rotatable bonds is 3. The number of nitrogens with two attached hydrogens (primary N) is 1. The molecule has 1 aromatic heterocycles. The quantitative estimate of drug-likeness (QED) is 0.693. The van der Waals surface area contributed by atoms with Gasteiger partial charge < -0.3 is 5.73 Å². The normalized spacial score (nSPS) is 26.2. The highest BCUT2D eigenvalue weighted by Gasteiger charge is 2.48. The molecule has 3 atom stereocenters. The van der Waals surface area contributed by atoms with Crippen LogP contribution in [0.15, 0.2) is 57.5 Å². The van der Waals surface area contributed by atoms with Gasteiger partial charge in [0.25, 0.3) is 0 Å². The van der Waals surface area contributed by atoms with Gasteiger partial charge in [0.2, 0.25) is 5.91 Å². The van der Waals surface area contributed by atoms with Crippen molar-refractivity contribution in [2.24, 2.45) is 15.7 Å². The Morgan fingerprint density at radius 3 is 2.50 bits per heavy atom. The molecule has 4 rings (SSSR count). The van der Waals surface area contributed by atoms with Crippen LogP contribution in [-0.2, 0) is 15.7 Å². The van der Waals surface area contributed by atoms with Crippen molar-refractivity contribution in [2.45, 2.75) is 63.8 Å². The van der Waals surface area contributed by atoms with Crippen LogP contribution in [0.1, 0.15) is 74.4 Å². The molecule has 2 aliphatic rings. The lowest BCUT2D eigenvalue weighted by atomic mass is 9.76. The lowest BCUT2D eigenvalue weighted by Crippen LogP contribution is -2.52. The molecule has 2 aromatic rings. The van der Waals surface area contributed by atoms with Gasteiger partial charge in [-0.3, -0.25) is 14.7 Å². The molecule has 3 heterocycles. The third kappa shape index (κ3) is 3.92. The maximum absolute atomic E-state index is 13.5. The predicted octanol–water partition coefficient (Wildman–Crippen LogP) is 5.29. The first-order chi connectivity index (χ1) is 15.0. The van der Waals surface area contributed by atoms with Gasteiger partial charge in [-0.05, 0) is 53.8 Å². The second-order valence-corrected chi connectivity index (χ2v) is 11.1. The number of hydrogen-bond acceptors (Lipinski definition) is 5. The van der Waals surface area contributed by atoms with Crippen molar-refractivity contribution < 1.29 is 4.79 Å². The van der Waals surface area contributed by atoms with Gasteiger partial charge in [-0.15, -0.1) is 11.3 Å². The van der Waals surface area contributed by atoms with Crippen LogP contribution < -0.4 is 5.73 Å². The molecule has 5 nitrogen and oxygen atoms in total. The molecule has 2 unspecified atom stereocenters. The summed E-state index contributed by atoms with van der Waals surface area (Å²) in [6.07, 6.45) is 4.88. The number of benzene rings is 1. The average Bonchev–Trinajstić information content (AvgIpc) is 3.23. The zero-order chi connectivity index (χ0) is 23.3. The van der Waals surface area contributed by atoms with Crippen LogP contribution in [0.3, 0.4) is 0 Å². The minimum absolute atomic E-state index is 0.0311. The average molecular weight is 449 g/mol. The number of amides is 1. The van der Waals surface area contributed by atoms with E-state index in [9.17, 15) is 4.79 Å². The van der Waals surface area contributed by atoms with Crippen LogP contribution >= 0.6 is 11.3 Å². The fourth-order valence-corrected chi connectivity index (χ4v) is 5.62. The Morgan fingerprint density at radius 2 is 1.88 bits per heavy atom. The molecule has 0 saturated carbocycles. The zero-order valence-corrected chi connectivity index (χ0v) is 20.5. The number of allylic oxidation sites excluding steroid dienone is 1. The molecule has 0 spiro atoms.